The molecule has 1 fully saturated rings. The number of nitrogens with zero attached hydrogens (tertiary/aromatic N) is 4. The summed E-state index contributed by atoms with van der Waals surface area (Å²) >= 11 is 2.40. The molecule has 2 aromatic carbocycles. The van der Waals surface area contributed by atoms with Crippen LogP contribution in [0, 0.1) is 0 Å². The number of hydrogen-bond acceptors (Lipinski definition) is 9. The van der Waals surface area contributed by atoms with Crippen molar-refractivity contribution in [2.45, 2.75) is 13.5 Å². The molecule has 206 valence electrons. The quantitative estimate of drug-likeness (QED) is 0.361. The third kappa shape index (κ3) is 7.27. The van der Waals surface area contributed by atoms with Crippen LogP contribution in [0.1, 0.15) is 17.3 Å². The van der Waals surface area contributed by atoms with Gasteiger partial charge in [-0.1, -0.05) is 29.5 Å². The molecule has 10 nitrogen and oxygen atoms in total. The van der Waals surface area contributed by atoms with E-state index in [2.05, 4.69) is 22.0 Å². The van der Waals surface area contributed by atoms with Crippen molar-refractivity contribution in [1.29, 1.82) is 0 Å². The van der Waals surface area contributed by atoms with Crippen LogP contribution >= 0.6 is 23.1 Å². The smallest absolute Gasteiger partial charge is 0.338 e. The number of hydrogen-bond donors (Lipinski definition) is 0. The van der Waals surface area contributed by atoms with Crippen LogP contribution in [0.25, 0.3) is 10.2 Å². The Morgan fingerprint density at radius 2 is 1.74 bits per heavy atom. The summed E-state index contributed by atoms with van der Waals surface area (Å²) in [6.45, 7) is 4.64. The number of para-hydroxylation sites is 1. The standard InChI is InChI=1S/C27H30N4O6S2/c1-3-37-26(35)19-9-10-21-22(15-19)39-27(31(21)16-25(34)36-2)28-23(32)17-38-18-24(33)30-13-11-29(12-14-30)20-7-5-4-6-8-20/h4-10,15H,3,11-14,16-18H2,1-2H3. The lowest BCUT2D eigenvalue weighted by molar-refractivity contribution is -0.141. The number of rotatable bonds is 9. The van der Waals surface area contributed by atoms with Crippen LogP contribution < -0.4 is 9.70 Å². The first kappa shape index (κ1) is 28.4. The van der Waals surface area contributed by atoms with E-state index in [9.17, 15) is 19.2 Å². The largest absolute Gasteiger partial charge is 0.468 e. The number of benzene rings is 2. The Morgan fingerprint density at radius 1 is 1.00 bits per heavy atom. The van der Waals surface area contributed by atoms with Gasteiger partial charge in [0.15, 0.2) is 4.80 Å². The van der Waals surface area contributed by atoms with Crippen molar-refractivity contribution in [3.63, 3.8) is 0 Å². The van der Waals surface area contributed by atoms with E-state index in [0.29, 0.717) is 33.7 Å². The summed E-state index contributed by atoms with van der Waals surface area (Å²) in [6.07, 6.45) is 0. The van der Waals surface area contributed by atoms with Crippen LogP contribution in [0.15, 0.2) is 53.5 Å². The van der Waals surface area contributed by atoms with E-state index < -0.39 is 17.8 Å². The lowest BCUT2D eigenvalue weighted by Gasteiger charge is -2.36. The molecule has 0 spiro atoms. The monoisotopic (exact) mass is 570 g/mol. The highest BCUT2D eigenvalue weighted by molar-refractivity contribution is 8.00. The molecule has 0 aliphatic carbocycles. The summed E-state index contributed by atoms with van der Waals surface area (Å²) in [6, 6.07) is 15.1. The lowest BCUT2D eigenvalue weighted by Crippen LogP contribution is -2.49. The molecule has 1 aromatic heterocycles. The Balaban J connectivity index is 1.38. The molecule has 0 bridgehead atoms. The maximum atomic E-state index is 12.7. The van der Waals surface area contributed by atoms with Crippen LogP contribution in [-0.2, 0) is 30.4 Å². The molecule has 1 saturated heterocycles. The zero-order valence-electron chi connectivity index (χ0n) is 21.8. The van der Waals surface area contributed by atoms with Crippen LogP contribution in [0.3, 0.4) is 0 Å². The second kappa shape index (κ2) is 13.4. The van der Waals surface area contributed by atoms with Gasteiger partial charge in [0.1, 0.15) is 6.54 Å². The molecule has 0 N–H and O–H groups in total. The highest BCUT2D eigenvalue weighted by Gasteiger charge is 2.21. The molecule has 2 amide bonds. The van der Waals surface area contributed by atoms with E-state index in [1.54, 1.807) is 29.7 Å². The number of methoxy groups -OCH3 is 1. The van der Waals surface area contributed by atoms with E-state index in [1.807, 2.05) is 23.1 Å². The zero-order chi connectivity index (χ0) is 27.8. The summed E-state index contributed by atoms with van der Waals surface area (Å²) in [5.41, 5.74) is 2.16. The number of anilines is 1. The Morgan fingerprint density at radius 3 is 2.44 bits per heavy atom. The van der Waals surface area contributed by atoms with E-state index in [0.717, 1.165) is 18.8 Å². The molecule has 2 heterocycles. The number of carbonyl (C=O) groups excluding carboxylic acids is 4. The first-order valence-corrected chi connectivity index (χ1v) is 14.5. The lowest BCUT2D eigenvalue weighted by atomic mass is 10.2. The van der Waals surface area contributed by atoms with Crippen LogP contribution in [-0.4, -0.2) is 84.6 Å². The highest BCUT2D eigenvalue weighted by Crippen LogP contribution is 2.21. The van der Waals surface area contributed by atoms with Gasteiger partial charge in [-0.25, -0.2) is 4.79 Å². The third-order valence-corrected chi connectivity index (χ3v) is 8.08. The number of thioether (sulfide) groups is 1. The number of thiazole rings is 1. The van der Waals surface area contributed by atoms with Gasteiger partial charge in [0.25, 0.3) is 5.91 Å². The minimum atomic E-state index is -0.495. The number of esters is 2. The predicted octanol–water partition coefficient (Wildman–Crippen LogP) is 2.56. The fraction of sp³-hybridized carbons (Fsp3) is 0.370. The molecule has 4 rings (SSSR count). The molecule has 3 aromatic rings. The van der Waals surface area contributed by atoms with E-state index >= 15 is 0 Å². The highest BCUT2D eigenvalue weighted by atomic mass is 32.2. The first-order chi connectivity index (χ1) is 18.9. The van der Waals surface area contributed by atoms with Crippen LogP contribution in [0.5, 0.6) is 0 Å². The summed E-state index contributed by atoms with van der Waals surface area (Å²) < 4.78 is 12.1. The van der Waals surface area contributed by atoms with Gasteiger partial charge < -0.3 is 23.8 Å². The van der Waals surface area contributed by atoms with Gasteiger partial charge in [-0.05, 0) is 37.3 Å². The minimum absolute atomic E-state index is 0.00498. The van der Waals surface area contributed by atoms with E-state index in [-0.39, 0.29) is 30.6 Å². The normalized spacial score (nSPS) is 13.9. The first-order valence-electron chi connectivity index (χ1n) is 12.5. The van der Waals surface area contributed by atoms with Gasteiger partial charge in [0.05, 0.1) is 41.0 Å². The number of aromatic nitrogens is 1. The van der Waals surface area contributed by atoms with E-state index in [4.69, 9.17) is 9.47 Å². The van der Waals surface area contributed by atoms with E-state index in [1.165, 1.54) is 30.2 Å². The summed E-state index contributed by atoms with van der Waals surface area (Å²) in [4.78, 5) is 58.2. The van der Waals surface area contributed by atoms with Gasteiger partial charge in [0, 0.05) is 31.9 Å². The third-order valence-electron chi connectivity index (χ3n) is 6.13. The maximum absolute atomic E-state index is 12.7. The number of ether oxygens (including phenoxy) is 2. The Bertz CT molecular complexity index is 1410. The fourth-order valence-corrected chi connectivity index (χ4v) is 5.94. The molecule has 39 heavy (non-hydrogen) atoms. The minimum Gasteiger partial charge on any atom is -0.468 e. The Kier molecular flexibility index (Phi) is 9.77. The van der Waals surface area contributed by atoms with Crippen molar-refractivity contribution in [2.24, 2.45) is 4.99 Å². The molecular weight excluding hydrogens is 540 g/mol. The Labute approximate surface area is 234 Å². The van der Waals surface area contributed by atoms with Crippen molar-refractivity contribution in [1.82, 2.24) is 9.47 Å². The number of amides is 2. The second-order valence-electron chi connectivity index (χ2n) is 8.65. The fourth-order valence-electron chi connectivity index (χ4n) is 4.16. The number of piperazine rings is 1. The summed E-state index contributed by atoms with van der Waals surface area (Å²) in [7, 11) is 1.29. The van der Waals surface area contributed by atoms with Gasteiger partial charge in [-0.15, -0.1) is 11.8 Å². The van der Waals surface area contributed by atoms with Crippen LogP contribution in [0.4, 0.5) is 5.69 Å². The van der Waals surface area contributed by atoms with Crippen molar-refractivity contribution in [2.75, 3.05) is 56.3 Å². The topological polar surface area (TPSA) is 111 Å². The molecule has 0 radical (unpaired) electrons. The molecule has 0 unspecified atom stereocenters. The molecule has 12 heteroatoms. The predicted molar refractivity (Wildman–Crippen MR) is 151 cm³/mol. The number of carbonyl (C=O) groups is 4. The maximum Gasteiger partial charge on any atom is 0.338 e. The molecule has 1 aliphatic rings. The number of fused-ring (bicyclic) bond motifs is 1. The van der Waals surface area contributed by atoms with Gasteiger partial charge >= 0.3 is 11.9 Å². The van der Waals surface area contributed by atoms with Gasteiger partial charge in [0.2, 0.25) is 5.91 Å². The second-order valence-corrected chi connectivity index (χ2v) is 10.6. The molecule has 0 atom stereocenters. The molecule has 1 aliphatic heterocycles. The SMILES string of the molecule is CCOC(=O)c1ccc2c(c1)sc(=NC(=O)CSCC(=O)N1CCN(c3ccccc3)CC1)n2CC(=O)OC. The zero-order valence-corrected chi connectivity index (χ0v) is 23.5. The average Bonchev–Trinajstić information content (AvgIpc) is 3.29. The van der Waals surface area contributed by atoms with Crippen molar-refractivity contribution in [3.05, 3.63) is 58.9 Å². The molecule has 0 saturated carbocycles. The van der Waals surface area contributed by atoms with Gasteiger partial charge in [-0.2, -0.15) is 4.99 Å². The Hall–Kier alpha value is -3.64. The van der Waals surface area contributed by atoms with Crippen LogP contribution in [0.2, 0.25) is 0 Å². The molecular formula is C27H30N4O6S2. The average molecular weight is 571 g/mol. The van der Waals surface area contributed by atoms with Crippen molar-refractivity contribution in [3.8, 4) is 0 Å². The summed E-state index contributed by atoms with van der Waals surface area (Å²) in [5.74, 6) is -1.16. The van der Waals surface area contributed by atoms with Gasteiger partial charge in [-0.3, -0.25) is 14.4 Å². The van der Waals surface area contributed by atoms with Crippen molar-refractivity contribution < 1.29 is 28.7 Å². The van der Waals surface area contributed by atoms with Crippen molar-refractivity contribution >= 4 is 62.8 Å². The summed E-state index contributed by atoms with van der Waals surface area (Å²) in [5, 5.41) is 0.